The number of hydrogen-bond acceptors (Lipinski definition) is 4. The predicted molar refractivity (Wildman–Crippen MR) is 73.5 cm³/mol. The molecule has 0 unspecified atom stereocenters. The van der Waals surface area contributed by atoms with Gasteiger partial charge in [0.05, 0.1) is 16.9 Å². The number of rotatable bonds is 3. The fraction of sp³-hybridized carbons (Fsp3) is 0.333. The van der Waals surface area contributed by atoms with E-state index in [4.69, 9.17) is 11.6 Å². The molecule has 20 heavy (non-hydrogen) atoms. The maximum absolute atomic E-state index is 14.1. The van der Waals surface area contributed by atoms with Crippen molar-refractivity contribution in [1.82, 2.24) is 15.0 Å². The van der Waals surface area contributed by atoms with Gasteiger partial charge in [-0.3, -0.25) is 0 Å². The molecule has 0 aliphatic carbocycles. The van der Waals surface area contributed by atoms with Crippen LogP contribution < -0.4 is 0 Å². The summed E-state index contributed by atoms with van der Waals surface area (Å²) in [6.45, 7) is 3.62. The van der Waals surface area contributed by atoms with Gasteiger partial charge in [-0.25, -0.2) is 17.5 Å². The first-order valence-electron chi connectivity index (χ1n) is 5.82. The van der Waals surface area contributed by atoms with E-state index in [1.807, 2.05) is 13.8 Å². The molecule has 2 aromatic rings. The van der Waals surface area contributed by atoms with Gasteiger partial charge in [-0.15, -0.1) is 5.10 Å². The Bertz CT molecular complexity index is 756. The summed E-state index contributed by atoms with van der Waals surface area (Å²) < 4.78 is 38.2. The van der Waals surface area contributed by atoms with E-state index in [1.165, 1.54) is 16.9 Å². The van der Waals surface area contributed by atoms with Crippen molar-refractivity contribution in [2.24, 2.45) is 0 Å². The van der Waals surface area contributed by atoms with Crippen LogP contribution in [0.4, 0.5) is 4.39 Å². The van der Waals surface area contributed by atoms with Crippen LogP contribution in [0.15, 0.2) is 23.4 Å². The third-order valence-electron chi connectivity index (χ3n) is 2.79. The van der Waals surface area contributed by atoms with Gasteiger partial charge in [0.25, 0.3) is 0 Å². The molecule has 0 saturated heterocycles. The molecular formula is C12H13ClFN3O2S. The molecule has 0 radical (unpaired) electrons. The van der Waals surface area contributed by atoms with E-state index in [0.717, 1.165) is 6.26 Å². The summed E-state index contributed by atoms with van der Waals surface area (Å²) in [7, 11) is -3.46. The maximum atomic E-state index is 14.1. The molecule has 0 aliphatic heterocycles. The molecule has 0 amide bonds. The van der Waals surface area contributed by atoms with Gasteiger partial charge < -0.3 is 0 Å². The first-order chi connectivity index (χ1) is 9.21. The average molecular weight is 318 g/mol. The summed E-state index contributed by atoms with van der Waals surface area (Å²) >= 11 is 5.78. The molecule has 5 nitrogen and oxygen atoms in total. The second-order valence-corrected chi connectivity index (χ2v) is 7.09. The van der Waals surface area contributed by atoms with E-state index in [-0.39, 0.29) is 16.0 Å². The summed E-state index contributed by atoms with van der Waals surface area (Å²) in [6, 6.07) is 2.99. The number of aromatic nitrogens is 3. The molecule has 0 fully saturated rings. The first kappa shape index (κ1) is 14.9. The van der Waals surface area contributed by atoms with Crippen molar-refractivity contribution in [3.63, 3.8) is 0 Å². The van der Waals surface area contributed by atoms with E-state index in [9.17, 15) is 12.8 Å². The highest BCUT2D eigenvalue weighted by molar-refractivity contribution is 7.90. The smallest absolute Gasteiger partial charge is 0.197 e. The normalized spacial score (nSPS) is 12.1. The second-order valence-electron chi connectivity index (χ2n) is 4.72. The van der Waals surface area contributed by atoms with Crippen molar-refractivity contribution in [2.45, 2.75) is 24.8 Å². The Labute approximate surface area is 121 Å². The molecule has 0 N–H and O–H groups in total. The molecular weight excluding hydrogens is 305 g/mol. The highest BCUT2D eigenvalue weighted by Gasteiger charge is 2.19. The van der Waals surface area contributed by atoms with Crippen LogP contribution in [0.3, 0.4) is 0 Å². The Balaban J connectivity index is 2.64. The molecule has 1 aromatic carbocycles. The Morgan fingerprint density at radius 2 is 2.00 bits per heavy atom. The number of hydrogen-bond donors (Lipinski definition) is 0. The van der Waals surface area contributed by atoms with Gasteiger partial charge >= 0.3 is 0 Å². The monoisotopic (exact) mass is 317 g/mol. The van der Waals surface area contributed by atoms with Crippen molar-refractivity contribution in [2.75, 3.05) is 6.26 Å². The highest BCUT2D eigenvalue weighted by Crippen LogP contribution is 2.30. The van der Waals surface area contributed by atoms with Crippen molar-refractivity contribution < 1.29 is 12.8 Å². The van der Waals surface area contributed by atoms with Gasteiger partial charge in [-0.1, -0.05) is 30.7 Å². The van der Waals surface area contributed by atoms with Gasteiger partial charge in [0.1, 0.15) is 5.82 Å². The lowest BCUT2D eigenvalue weighted by atomic mass is 10.0. The molecule has 108 valence electrons. The van der Waals surface area contributed by atoms with Crippen molar-refractivity contribution >= 4 is 21.4 Å². The minimum Gasteiger partial charge on any atom is -0.222 e. The van der Waals surface area contributed by atoms with E-state index in [1.54, 1.807) is 6.07 Å². The Morgan fingerprint density at radius 1 is 1.35 bits per heavy atom. The van der Waals surface area contributed by atoms with E-state index < -0.39 is 15.7 Å². The lowest BCUT2D eigenvalue weighted by molar-refractivity contribution is 0.592. The van der Waals surface area contributed by atoms with Crippen LogP contribution in [-0.4, -0.2) is 29.7 Å². The highest BCUT2D eigenvalue weighted by atomic mass is 35.5. The minimum absolute atomic E-state index is 0.0147. The largest absolute Gasteiger partial charge is 0.222 e. The van der Waals surface area contributed by atoms with Crippen LogP contribution in [0, 0.1) is 5.82 Å². The fourth-order valence-electron chi connectivity index (χ4n) is 1.84. The predicted octanol–water partition coefficient (Wildman–Crippen LogP) is 2.59. The topological polar surface area (TPSA) is 64.8 Å². The fourth-order valence-corrected chi connectivity index (χ4v) is 2.48. The molecule has 1 heterocycles. The van der Waals surface area contributed by atoms with Crippen LogP contribution in [0.5, 0.6) is 0 Å². The van der Waals surface area contributed by atoms with Crippen LogP contribution in [0.2, 0.25) is 5.02 Å². The zero-order valence-corrected chi connectivity index (χ0v) is 12.7. The molecule has 0 bridgehead atoms. The average Bonchev–Trinajstić information content (AvgIpc) is 2.80. The summed E-state index contributed by atoms with van der Waals surface area (Å²) in [5.74, 6) is -0.676. The Morgan fingerprint density at radius 3 is 2.50 bits per heavy atom. The quantitative estimate of drug-likeness (QED) is 0.872. The maximum Gasteiger partial charge on any atom is 0.197 e. The Kier molecular flexibility index (Phi) is 3.84. The van der Waals surface area contributed by atoms with Crippen LogP contribution in [0.25, 0.3) is 5.69 Å². The summed E-state index contributed by atoms with van der Waals surface area (Å²) in [5.41, 5.74) is 0.784. The second kappa shape index (κ2) is 5.14. The standard InChI is InChI=1S/C12H13ClFN3O2S/c1-7(2)11-9(5-4-8(13)12(11)14)17-6-10(15-16-17)20(3,18)19/h4-7H,1-3H3. The van der Waals surface area contributed by atoms with Gasteiger partial charge in [-0.05, 0) is 18.1 Å². The van der Waals surface area contributed by atoms with Crippen molar-refractivity contribution in [1.29, 1.82) is 0 Å². The van der Waals surface area contributed by atoms with E-state index in [0.29, 0.717) is 11.3 Å². The Hall–Kier alpha value is -1.47. The van der Waals surface area contributed by atoms with Crippen LogP contribution in [0.1, 0.15) is 25.3 Å². The third-order valence-corrected chi connectivity index (χ3v) is 4.02. The lowest BCUT2D eigenvalue weighted by Crippen LogP contribution is -2.05. The summed E-state index contributed by atoms with van der Waals surface area (Å²) in [6.07, 6.45) is 2.29. The molecule has 8 heteroatoms. The van der Waals surface area contributed by atoms with Crippen LogP contribution >= 0.6 is 11.6 Å². The van der Waals surface area contributed by atoms with Gasteiger partial charge in [0, 0.05) is 11.8 Å². The van der Waals surface area contributed by atoms with Crippen LogP contribution in [-0.2, 0) is 9.84 Å². The minimum atomic E-state index is -3.46. The van der Waals surface area contributed by atoms with Crippen molar-refractivity contribution in [3.8, 4) is 5.69 Å². The zero-order chi connectivity index (χ0) is 15.1. The summed E-state index contributed by atoms with van der Waals surface area (Å²) in [4.78, 5) is 0. The van der Waals surface area contributed by atoms with Crippen molar-refractivity contribution in [3.05, 3.63) is 34.7 Å². The SMILES string of the molecule is CC(C)c1c(-n2cc(S(C)(=O)=O)nn2)ccc(Cl)c1F. The molecule has 0 atom stereocenters. The lowest BCUT2D eigenvalue weighted by Gasteiger charge is -2.14. The summed E-state index contributed by atoms with van der Waals surface area (Å²) in [5, 5.41) is 7.18. The number of nitrogens with zero attached hydrogens (tertiary/aromatic N) is 3. The number of benzene rings is 1. The first-order valence-corrected chi connectivity index (χ1v) is 8.09. The zero-order valence-electron chi connectivity index (χ0n) is 11.1. The van der Waals surface area contributed by atoms with E-state index >= 15 is 0 Å². The third kappa shape index (κ3) is 2.69. The number of halogens is 2. The van der Waals surface area contributed by atoms with Gasteiger partial charge in [0.15, 0.2) is 14.9 Å². The molecule has 1 aromatic heterocycles. The van der Waals surface area contributed by atoms with Gasteiger partial charge in [0.2, 0.25) is 0 Å². The number of sulfone groups is 1. The molecule has 0 spiro atoms. The molecule has 0 aliphatic rings. The van der Waals surface area contributed by atoms with Gasteiger partial charge in [-0.2, -0.15) is 0 Å². The van der Waals surface area contributed by atoms with E-state index in [2.05, 4.69) is 10.3 Å². The molecule has 0 saturated carbocycles. The molecule has 2 rings (SSSR count).